The van der Waals surface area contributed by atoms with Crippen LogP contribution in [0.4, 0.5) is 0 Å². The topological polar surface area (TPSA) is 114 Å². The smallest absolute Gasteiger partial charge is 0.307 e. The normalized spacial score (nSPS) is 12.5. The lowest BCUT2D eigenvalue weighted by Gasteiger charge is -2.22. The fourth-order valence-electron chi connectivity index (χ4n) is 5.24. The van der Waals surface area contributed by atoms with Crippen molar-refractivity contribution in [3.63, 3.8) is 0 Å². The van der Waals surface area contributed by atoms with Crippen LogP contribution in [0.15, 0.2) is 59.7 Å². The molecule has 0 unspecified atom stereocenters. The van der Waals surface area contributed by atoms with Crippen LogP contribution in [-0.4, -0.2) is 39.7 Å². The van der Waals surface area contributed by atoms with E-state index < -0.39 is 5.97 Å². The number of nitrogens with zero attached hydrogens (tertiary/aromatic N) is 2. The molecule has 0 atom stereocenters. The SMILES string of the molecule is COc1ncc(-c2ccc3c(-c4ccc5c6c(ccnc46)CCO5)c(CC(=O)O)c(C)cc3c2)c(=O)[nH]1. The first kappa shape index (κ1) is 22.7. The van der Waals surface area contributed by atoms with Gasteiger partial charge in [0.25, 0.3) is 11.6 Å². The minimum Gasteiger partial charge on any atom is -0.493 e. The lowest BCUT2D eigenvalue weighted by atomic mass is 9.86. The summed E-state index contributed by atoms with van der Waals surface area (Å²) in [5.74, 6) is -0.117. The largest absolute Gasteiger partial charge is 0.493 e. The lowest BCUT2D eigenvalue weighted by Crippen LogP contribution is -2.11. The first-order valence-corrected chi connectivity index (χ1v) is 11.9. The van der Waals surface area contributed by atoms with Gasteiger partial charge in [-0.25, -0.2) is 4.98 Å². The molecule has 3 heterocycles. The van der Waals surface area contributed by atoms with E-state index in [1.54, 1.807) is 6.20 Å². The second-order valence-corrected chi connectivity index (χ2v) is 9.09. The van der Waals surface area contributed by atoms with Gasteiger partial charge in [-0.05, 0) is 69.8 Å². The van der Waals surface area contributed by atoms with Crippen LogP contribution in [0, 0.1) is 6.92 Å². The van der Waals surface area contributed by atoms with Gasteiger partial charge in [0, 0.05) is 29.8 Å². The molecule has 2 aromatic heterocycles. The zero-order chi connectivity index (χ0) is 25.7. The van der Waals surface area contributed by atoms with Crippen LogP contribution in [0.2, 0.25) is 0 Å². The van der Waals surface area contributed by atoms with E-state index in [1.165, 1.54) is 18.9 Å². The molecule has 5 aromatic rings. The van der Waals surface area contributed by atoms with Crippen LogP contribution in [0.25, 0.3) is 43.9 Å². The third-order valence-electron chi connectivity index (χ3n) is 6.92. The molecule has 37 heavy (non-hydrogen) atoms. The third kappa shape index (κ3) is 3.78. The van der Waals surface area contributed by atoms with Crippen molar-refractivity contribution < 1.29 is 19.4 Å². The van der Waals surface area contributed by atoms with Crippen LogP contribution < -0.4 is 15.0 Å². The minimum atomic E-state index is -0.907. The van der Waals surface area contributed by atoms with Crippen LogP contribution in [-0.2, 0) is 17.6 Å². The fourth-order valence-corrected chi connectivity index (χ4v) is 5.24. The van der Waals surface area contributed by atoms with Gasteiger partial charge >= 0.3 is 5.97 Å². The highest BCUT2D eigenvalue weighted by Crippen LogP contribution is 2.42. The van der Waals surface area contributed by atoms with E-state index in [0.29, 0.717) is 17.7 Å². The van der Waals surface area contributed by atoms with E-state index in [-0.39, 0.29) is 18.0 Å². The average Bonchev–Trinajstić information content (AvgIpc) is 2.89. The predicted molar refractivity (Wildman–Crippen MR) is 140 cm³/mol. The van der Waals surface area contributed by atoms with E-state index in [4.69, 9.17) is 14.5 Å². The number of hydrogen-bond acceptors (Lipinski definition) is 6. The van der Waals surface area contributed by atoms with Gasteiger partial charge in [-0.2, -0.15) is 0 Å². The van der Waals surface area contributed by atoms with Gasteiger partial charge in [0.05, 0.1) is 31.2 Å². The molecule has 0 radical (unpaired) electrons. The molecule has 0 saturated carbocycles. The lowest BCUT2D eigenvalue weighted by molar-refractivity contribution is -0.136. The summed E-state index contributed by atoms with van der Waals surface area (Å²) in [5, 5.41) is 12.5. The van der Waals surface area contributed by atoms with Crippen LogP contribution in [0.3, 0.4) is 0 Å². The summed E-state index contributed by atoms with van der Waals surface area (Å²) < 4.78 is 10.9. The molecule has 0 fully saturated rings. The van der Waals surface area contributed by atoms with Gasteiger partial charge in [-0.15, -0.1) is 0 Å². The Kier molecular flexibility index (Phi) is 5.37. The molecular weight excluding hydrogens is 470 g/mol. The maximum atomic E-state index is 12.6. The number of aryl methyl sites for hydroxylation is 1. The van der Waals surface area contributed by atoms with Gasteiger partial charge in [-0.3, -0.25) is 19.6 Å². The number of carboxylic acids is 1. The average molecular weight is 494 g/mol. The van der Waals surface area contributed by atoms with Crippen molar-refractivity contribution in [1.82, 2.24) is 15.0 Å². The minimum absolute atomic E-state index is 0.125. The van der Waals surface area contributed by atoms with E-state index >= 15 is 0 Å². The second-order valence-electron chi connectivity index (χ2n) is 9.09. The van der Waals surface area contributed by atoms with Gasteiger partial charge in [-0.1, -0.05) is 18.2 Å². The molecule has 1 aliphatic heterocycles. The van der Waals surface area contributed by atoms with Gasteiger partial charge in [0.1, 0.15) is 5.75 Å². The highest BCUT2D eigenvalue weighted by molar-refractivity contribution is 6.09. The first-order chi connectivity index (χ1) is 17.9. The summed E-state index contributed by atoms with van der Waals surface area (Å²) >= 11 is 0. The Balaban J connectivity index is 1.64. The number of nitrogens with one attached hydrogen (secondary N) is 1. The number of rotatable bonds is 5. The summed E-state index contributed by atoms with van der Waals surface area (Å²) in [6, 6.07) is 13.7. The van der Waals surface area contributed by atoms with Crippen molar-refractivity contribution >= 4 is 27.6 Å². The number of H-pyrrole nitrogens is 1. The Morgan fingerprint density at radius 3 is 2.78 bits per heavy atom. The molecule has 0 aliphatic carbocycles. The van der Waals surface area contributed by atoms with E-state index in [0.717, 1.165) is 56.1 Å². The van der Waals surface area contributed by atoms with Gasteiger partial charge < -0.3 is 14.6 Å². The number of hydrogen-bond donors (Lipinski definition) is 2. The monoisotopic (exact) mass is 493 g/mol. The summed E-state index contributed by atoms with van der Waals surface area (Å²) in [6.07, 6.45) is 3.95. The van der Waals surface area contributed by atoms with Crippen molar-refractivity contribution in [2.75, 3.05) is 13.7 Å². The summed E-state index contributed by atoms with van der Waals surface area (Å²) in [6.45, 7) is 2.53. The number of carbonyl (C=O) groups is 1. The first-order valence-electron chi connectivity index (χ1n) is 11.9. The Hall–Kier alpha value is -4.72. The molecule has 8 heteroatoms. The number of aliphatic carboxylic acids is 1. The van der Waals surface area contributed by atoms with Crippen molar-refractivity contribution in [2.24, 2.45) is 0 Å². The Bertz CT molecular complexity index is 1780. The van der Waals surface area contributed by atoms with Crippen molar-refractivity contribution in [1.29, 1.82) is 0 Å². The number of aromatic amines is 1. The van der Waals surface area contributed by atoms with E-state index in [9.17, 15) is 14.7 Å². The molecule has 3 aromatic carbocycles. The number of carboxylic acid groups (broad SMARTS) is 1. The molecule has 0 saturated heterocycles. The summed E-state index contributed by atoms with van der Waals surface area (Å²) in [4.78, 5) is 36.0. The number of methoxy groups -OCH3 is 1. The number of pyridine rings is 1. The Labute approximate surface area is 211 Å². The number of benzene rings is 3. The maximum absolute atomic E-state index is 12.6. The highest BCUT2D eigenvalue weighted by Gasteiger charge is 2.22. The maximum Gasteiger partial charge on any atom is 0.307 e. The predicted octanol–water partition coefficient (Wildman–Crippen LogP) is 4.68. The Morgan fingerprint density at radius 2 is 2.00 bits per heavy atom. The molecule has 6 rings (SSSR count). The molecule has 184 valence electrons. The molecule has 1 aliphatic rings. The van der Waals surface area contributed by atoms with Crippen molar-refractivity contribution in [3.8, 4) is 34.0 Å². The molecule has 0 spiro atoms. The second kappa shape index (κ2) is 8.74. The third-order valence-corrected chi connectivity index (χ3v) is 6.92. The molecule has 0 amide bonds. The van der Waals surface area contributed by atoms with Crippen molar-refractivity contribution in [3.05, 3.63) is 81.9 Å². The number of aromatic nitrogens is 3. The summed E-state index contributed by atoms with van der Waals surface area (Å²) in [7, 11) is 1.44. The van der Waals surface area contributed by atoms with E-state index in [2.05, 4.69) is 9.97 Å². The highest BCUT2D eigenvalue weighted by atomic mass is 16.5. The number of ether oxygens (including phenoxy) is 2. The zero-order valence-electron chi connectivity index (χ0n) is 20.3. The quantitative estimate of drug-likeness (QED) is 0.365. The van der Waals surface area contributed by atoms with Gasteiger partial charge in [0.2, 0.25) is 0 Å². The molecule has 8 nitrogen and oxygen atoms in total. The fraction of sp³-hybridized carbons (Fsp3) is 0.172. The summed E-state index contributed by atoms with van der Waals surface area (Å²) in [5.41, 5.74) is 6.02. The van der Waals surface area contributed by atoms with Crippen LogP contribution in [0.1, 0.15) is 16.7 Å². The standard InChI is InChI=1S/C29H23N3O5/c1-15-11-18-12-17(22-14-31-29(36-2)32-28(22)35)3-4-19(18)26(21(15)13-24(33)34)20-5-6-23-25-16(8-10-37-23)7-9-30-27(20)25/h3-7,9,11-12,14H,8,10,13H2,1-2H3,(H,33,34)(H,31,32,35). The molecular formula is C29H23N3O5. The van der Waals surface area contributed by atoms with Crippen LogP contribution >= 0.6 is 0 Å². The van der Waals surface area contributed by atoms with E-state index in [1.807, 2.05) is 49.4 Å². The molecule has 0 bridgehead atoms. The number of fused-ring (bicyclic) bond motifs is 1. The molecule has 2 N–H and O–H groups in total. The van der Waals surface area contributed by atoms with Crippen molar-refractivity contribution in [2.45, 2.75) is 19.8 Å². The van der Waals surface area contributed by atoms with Crippen LogP contribution in [0.5, 0.6) is 11.8 Å². The Morgan fingerprint density at radius 1 is 1.14 bits per heavy atom. The zero-order valence-corrected chi connectivity index (χ0v) is 20.3. The van der Waals surface area contributed by atoms with Gasteiger partial charge in [0.15, 0.2) is 0 Å².